The summed E-state index contributed by atoms with van der Waals surface area (Å²) in [4.78, 5) is 26.1. The topological polar surface area (TPSA) is 84.1 Å². The maximum absolute atomic E-state index is 13.4. The van der Waals surface area contributed by atoms with E-state index in [1.165, 1.54) is 16.7 Å². The number of benzene rings is 2. The summed E-state index contributed by atoms with van der Waals surface area (Å²) in [7, 11) is 0. The molecule has 1 N–H and O–H groups in total. The largest absolute Gasteiger partial charge is 0.494 e. The van der Waals surface area contributed by atoms with Crippen LogP contribution in [0.3, 0.4) is 0 Å². The van der Waals surface area contributed by atoms with Crippen molar-refractivity contribution in [3.8, 4) is 17.5 Å². The number of carbonyl (C=O) groups is 1. The standard InChI is InChI=1S/C25H24FN3O3S/c1-3-5-14-28-23(30)21(16-27)25-29(19-10-12-20(13-11-19)32-4-2)24(31)22(33-25)15-17-6-8-18(26)9-7-17/h6-13,15H,3-5,14H2,1-2H3,(H,28,30)/b22-15-,25-21-. The SMILES string of the molecule is CCCCNC(=O)/C(C#N)=c1\s/c(=C\c2ccc(F)cc2)c(=O)n1-c1ccc(OCC)cc1. The first kappa shape index (κ1) is 24.0. The van der Waals surface area contributed by atoms with Crippen LogP contribution in [0.25, 0.3) is 17.3 Å². The Morgan fingerprint density at radius 1 is 1.18 bits per heavy atom. The maximum atomic E-state index is 13.4. The lowest BCUT2D eigenvalue weighted by atomic mass is 10.2. The monoisotopic (exact) mass is 465 g/mol. The summed E-state index contributed by atoms with van der Waals surface area (Å²) in [5.41, 5.74) is 0.618. The third-order valence-corrected chi connectivity index (χ3v) is 5.86. The zero-order valence-electron chi connectivity index (χ0n) is 18.4. The molecular weight excluding hydrogens is 441 g/mol. The van der Waals surface area contributed by atoms with E-state index in [1.54, 1.807) is 42.5 Å². The summed E-state index contributed by atoms with van der Waals surface area (Å²) in [6.45, 7) is 4.82. The van der Waals surface area contributed by atoms with Gasteiger partial charge in [0, 0.05) is 6.54 Å². The van der Waals surface area contributed by atoms with E-state index in [1.807, 2.05) is 19.9 Å². The van der Waals surface area contributed by atoms with Crippen molar-refractivity contribution in [3.63, 3.8) is 0 Å². The van der Waals surface area contributed by atoms with Gasteiger partial charge in [-0.1, -0.05) is 25.5 Å². The molecule has 1 aromatic heterocycles. The van der Waals surface area contributed by atoms with Gasteiger partial charge in [0.25, 0.3) is 11.5 Å². The van der Waals surface area contributed by atoms with Gasteiger partial charge in [0.2, 0.25) is 0 Å². The molecule has 2 aromatic carbocycles. The number of thiazole rings is 1. The first-order chi connectivity index (χ1) is 16.0. The molecule has 0 saturated heterocycles. The molecule has 0 fully saturated rings. The molecule has 0 spiro atoms. The molecule has 0 aliphatic carbocycles. The molecule has 33 heavy (non-hydrogen) atoms. The van der Waals surface area contributed by atoms with Crippen LogP contribution in [0.5, 0.6) is 5.75 Å². The van der Waals surface area contributed by atoms with E-state index in [0.29, 0.717) is 34.7 Å². The zero-order valence-corrected chi connectivity index (χ0v) is 19.2. The van der Waals surface area contributed by atoms with Crippen molar-refractivity contribution < 1.29 is 13.9 Å². The Kier molecular flexibility index (Phi) is 8.17. The number of hydrogen-bond acceptors (Lipinski definition) is 5. The Hall–Kier alpha value is -3.70. The van der Waals surface area contributed by atoms with Crippen LogP contribution in [-0.4, -0.2) is 23.6 Å². The highest BCUT2D eigenvalue weighted by Gasteiger charge is 2.17. The van der Waals surface area contributed by atoms with Crippen molar-refractivity contribution in [2.45, 2.75) is 26.7 Å². The number of amides is 1. The molecule has 0 unspecified atom stereocenters. The summed E-state index contributed by atoms with van der Waals surface area (Å²) < 4.78 is 20.7. The zero-order chi connectivity index (χ0) is 23.8. The average Bonchev–Trinajstić information content (AvgIpc) is 3.12. The first-order valence-electron chi connectivity index (χ1n) is 10.6. The van der Waals surface area contributed by atoms with Crippen LogP contribution >= 0.6 is 11.3 Å². The lowest BCUT2D eigenvalue weighted by Crippen LogP contribution is -2.34. The van der Waals surface area contributed by atoms with E-state index in [0.717, 1.165) is 24.2 Å². The van der Waals surface area contributed by atoms with Gasteiger partial charge in [-0.05, 0) is 61.4 Å². The smallest absolute Gasteiger partial charge is 0.273 e. The highest BCUT2D eigenvalue weighted by molar-refractivity contribution is 7.07. The van der Waals surface area contributed by atoms with Gasteiger partial charge in [0.05, 0.1) is 16.8 Å². The van der Waals surface area contributed by atoms with E-state index in [9.17, 15) is 19.2 Å². The van der Waals surface area contributed by atoms with E-state index in [2.05, 4.69) is 5.32 Å². The number of nitrogens with zero attached hydrogens (tertiary/aromatic N) is 2. The predicted molar refractivity (Wildman–Crippen MR) is 127 cm³/mol. The molecule has 0 radical (unpaired) electrons. The second kappa shape index (κ2) is 11.2. The summed E-state index contributed by atoms with van der Waals surface area (Å²) in [6.07, 6.45) is 3.30. The first-order valence-corrected chi connectivity index (χ1v) is 11.4. The van der Waals surface area contributed by atoms with Crippen molar-refractivity contribution >= 4 is 28.9 Å². The van der Waals surface area contributed by atoms with Crippen LogP contribution in [-0.2, 0) is 4.79 Å². The number of halogens is 1. The lowest BCUT2D eigenvalue weighted by Gasteiger charge is -2.07. The van der Waals surface area contributed by atoms with Crippen molar-refractivity contribution in [3.05, 3.63) is 79.5 Å². The Balaban J connectivity index is 2.24. The van der Waals surface area contributed by atoms with Gasteiger partial charge in [0.15, 0.2) is 5.57 Å². The fourth-order valence-electron chi connectivity index (χ4n) is 3.12. The van der Waals surface area contributed by atoms with E-state index < -0.39 is 5.91 Å². The summed E-state index contributed by atoms with van der Waals surface area (Å²) in [6, 6.07) is 14.5. The average molecular weight is 466 g/mol. The predicted octanol–water partition coefficient (Wildman–Crippen LogP) is 2.86. The number of unbranched alkanes of at least 4 members (excludes halogenated alkanes) is 1. The lowest BCUT2D eigenvalue weighted by molar-refractivity contribution is -0.115. The van der Waals surface area contributed by atoms with E-state index >= 15 is 0 Å². The van der Waals surface area contributed by atoms with Gasteiger partial charge >= 0.3 is 0 Å². The van der Waals surface area contributed by atoms with Crippen molar-refractivity contribution in [1.82, 2.24) is 9.88 Å². The van der Waals surface area contributed by atoms with E-state index in [-0.39, 0.29) is 21.6 Å². The molecule has 170 valence electrons. The van der Waals surface area contributed by atoms with Crippen LogP contribution in [0.15, 0.2) is 53.3 Å². The molecule has 6 nitrogen and oxygen atoms in total. The molecule has 8 heteroatoms. The van der Waals surface area contributed by atoms with Crippen LogP contribution in [0.2, 0.25) is 0 Å². The molecule has 0 aliphatic heterocycles. The number of hydrogen-bond donors (Lipinski definition) is 1. The Labute approximate surface area is 194 Å². The quantitative estimate of drug-likeness (QED) is 0.519. The minimum absolute atomic E-state index is 0.138. The van der Waals surface area contributed by atoms with Gasteiger partial charge in [-0.3, -0.25) is 14.2 Å². The highest BCUT2D eigenvalue weighted by atomic mass is 32.1. The van der Waals surface area contributed by atoms with Gasteiger partial charge < -0.3 is 10.1 Å². The molecule has 3 aromatic rings. The minimum Gasteiger partial charge on any atom is -0.494 e. The molecule has 0 aliphatic rings. The van der Waals surface area contributed by atoms with Crippen molar-refractivity contribution in [1.29, 1.82) is 5.26 Å². The third kappa shape index (κ3) is 5.76. The molecule has 0 saturated carbocycles. The van der Waals surface area contributed by atoms with Gasteiger partial charge in [-0.15, -0.1) is 11.3 Å². The fourth-order valence-corrected chi connectivity index (χ4v) is 4.22. The molecule has 3 rings (SSSR count). The van der Waals surface area contributed by atoms with Crippen LogP contribution in [0, 0.1) is 17.1 Å². The van der Waals surface area contributed by atoms with Gasteiger partial charge in [-0.25, -0.2) is 4.39 Å². The number of nitriles is 1. The number of nitrogens with one attached hydrogen (secondary N) is 1. The summed E-state index contributed by atoms with van der Waals surface area (Å²) in [5.74, 6) is -0.263. The van der Waals surface area contributed by atoms with Crippen LogP contribution in [0.1, 0.15) is 32.3 Å². The number of carbonyl (C=O) groups excluding carboxylic acids is 1. The third-order valence-electron chi connectivity index (χ3n) is 4.77. The summed E-state index contributed by atoms with van der Waals surface area (Å²) in [5, 5.41) is 12.5. The second-order valence-corrected chi connectivity index (χ2v) is 8.16. The number of aromatic nitrogens is 1. The van der Waals surface area contributed by atoms with Gasteiger partial charge in [0.1, 0.15) is 22.3 Å². The summed E-state index contributed by atoms with van der Waals surface area (Å²) >= 11 is 1.04. The van der Waals surface area contributed by atoms with Crippen molar-refractivity contribution in [2.75, 3.05) is 13.2 Å². The maximum Gasteiger partial charge on any atom is 0.273 e. The second-order valence-electron chi connectivity index (χ2n) is 7.13. The van der Waals surface area contributed by atoms with Crippen molar-refractivity contribution in [2.24, 2.45) is 0 Å². The molecule has 1 heterocycles. The molecule has 0 atom stereocenters. The molecule has 1 amide bonds. The normalized spacial score (nSPS) is 12.2. The van der Waals surface area contributed by atoms with Crippen LogP contribution in [0.4, 0.5) is 4.39 Å². The van der Waals surface area contributed by atoms with Crippen LogP contribution < -0.4 is 24.8 Å². The molecule has 0 bridgehead atoms. The number of rotatable bonds is 8. The fraction of sp³-hybridized carbons (Fsp3) is 0.240. The van der Waals surface area contributed by atoms with E-state index in [4.69, 9.17) is 4.74 Å². The Morgan fingerprint density at radius 3 is 2.48 bits per heavy atom. The number of ether oxygens (including phenoxy) is 1. The van der Waals surface area contributed by atoms with Gasteiger partial charge in [-0.2, -0.15) is 5.26 Å². The Bertz CT molecular complexity index is 1330. The molecular formula is C25H24FN3O3S. The Morgan fingerprint density at radius 2 is 1.88 bits per heavy atom. The minimum atomic E-state index is -0.528. The highest BCUT2D eigenvalue weighted by Crippen LogP contribution is 2.14.